The zero-order valence-electron chi connectivity index (χ0n) is 13.6. The number of amides is 1. The van der Waals surface area contributed by atoms with E-state index < -0.39 is 0 Å². The molecule has 2 heterocycles. The third-order valence-electron chi connectivity index (χ3n) is 3.81. The molecule has 0 radical (unpaired) electrons. The smallest absolute Gasteiger partial charge is 0.270 e. The van der Waals surface area contributed by atoms with Crippen molar-refractivity contribution in [2.45, 2.75) is 25.1 Å². The molecular formula is C17H19N3O3S. The minimum atomic E-state index is -0.345. The predicted octanol–water partition coefficient (Wildman–Crippen LogP) is 2.19. The highest BCUT2D eigenvalue weighted by atomic mass is 32.2. The molecule has 1 atom stereocenters. The molecule has 0 saturated heterocycles. The van der Waals surface area contributed by atoms with Crippen LogP contribution in [0.25, 0.3) is 0 Å². The number of hydrogen-bond donors (Lipinski definition) is 2. The molecule has 24 heavy (non-hydrogen) atoms. The van der Waals surface area contributed by atoms with E-state index in [4.69, 9.17) is 4.74 Å². The van der Waals surface area contributed by atoms with Gasteiger partial charge in [-0.3, -0.25) is 9.59 Å². The normalized spacial score (nSPS) is 16.2. The van der Waals surface area contributed by atoms with Crippen LogP contribution in [0.5, 0.6) is 5.75 Å². The van der Waals surface area contributed by atoms with Crippen LogP contribution in [0.15, 0.2) is 29.1 Å². The first-order chi connectivity index (χ1) is 11.6. The van der Waals surface area contributed by atoms with E-state index in [1.54, 1.807) is 0 Å². The van der Waals surface area contributed by atoms with Crippen molar-refractivity contribution in [2.24, 2.45) is 0 Å². The molecule has 126 valence electrons. The van der Waals surface area contributed by atoms with Gasteiger partial charge in [0, 0.05) is 18.1 Å². The van der Waals surface area contributed by atoms with Gasteiger partial charge in [-0.2, -0.15) is 11.8 Å². The standard InChI is InChI=1S/C17H19N3O3S/c1-10-3-4-14-11(7-10)12(5-6-23-14)19-17(22)13-8-16(21)20-15(18-13)9-24-2/h3-4,7-8,12H,5-6,9H2,1-2H3,(H,19,22)(H,18,20,21). The number of aryl methyl sites for hydroxylation is 1. The van der Waals surface area contributed by atoms with E-state index in [9.17, 15) is 9.59 Å². The molecule has 1 amide bonds. The summed E-state index contributed by atoms with van der Waals surface area (Å²) in [7, 11) is 0. The van der Waals surface area contributed by atoms with Crippen LogP contribution in [-0.2, 0) is 5.75 Å². The SMILES string of the molecule is CSCc1nc(C(=O)NC2CCOc3ccc(C)cc32)cc(=O)[nH]1. The van der Waals surface area contributed by atoms with Crippen molar-refractivity contribution >= 4 is 17.7 Å². The second kappa shape index (κ2) is 7.09. The Morgan fingerprint density at radius 1 is 1.46 bits per heavy atom. The lowest BCUT2D eigenvalue weighted by atomic mass is 9.98. The van der Waals surface area contributed by atoms with E-state index >= 15 is 0 Å². The molecular weight excluding hydrogens is 326 g/mol. The third-order valence-corrected chi connectivity index (χ3v) is 4.38. The Balaban J connectivity index is 1.84. The highest BCUT2D eigenvalue weighted by Gasteiger charge is 2.24. The maximum absolute atomic E-state index is 12.5. The monoisotopic (exact) mass is 345 g/mol. The number of nitrogens with zero attached hydrogens (tertiary/aromatic N) is 1. The molecule has 0 aliphatic carbocycles. The average Bonchev–Trinajstić information content (AvgIpc) is 2.55. The molecule has 1 aliphatic heterocycles. The van der Waals surface area contributed by atoms with E-state index in [1.807, 2.05) is 31.4 Å². The van der Waals surface area contributed by atoms with E-state index in [1.165, 1.54) is 17.8 Å². The predicted molar refractivity (Wildman–Crippen MR) is 93.6 cm³/mol. The number of fused-ring (bicyclic) bond motifs is 1. The summed E-state index contributed by atoms with van der Waals surface area (Å²) >= 11 is 1.53. The van der Waals surface area contributed by atoms with E-state index in [0.29, 0.717) is 24.6 Å². The van der Waals surface area contributed by atoms with Gasteiger partial charge in [0.2, 0.25) is 0 Å². The van der Waals surface area contributed by atoms with Crippen molar-refractivity contribution in [3.63, 3.8) is 0 Å². The summed E-state index contributed by atoms with van der Waals surface area (Å²) < 4.78 is 5.64. The Hall–Kier alpha value is -2.28. The first kappa shape index (κ1) is 16.6. The fourth-order valence-electron chi connectivity index (χ4n) is 2.73. The molecule has 0 bridgehead atoms. The molecule has 0 fully saturated rings. The Bertz CT molecular complexity index is 819. The van der Waals surface area contributed by atoms with Crippen LogP contribution in [0.3, 0.4) is 0 Å². The Morgan fingerprint density at radius 2 is 2.29 bits per heavy atom. The number of ether oxygens (including phenoxy) is 1. The zero-order valence-corrected chi connectivity index (χ0v) is 14.4. The highest BCUT2D eigenvalue weighted by Crippen LogP contribution is 2.32. The van der Waals surface area contributed by atoms with Crippen LogP contribution < -0.4 is 15.6 Å². The minimum absolute atomic E-state index is 0.142. The fraction of sp³-hybridized carbons (Fsp3) is 0.353. The summed E-state index contributed by atoms with van der Waals surface area (Å²) in [5.41, 5.74) is 1.89. The maximum atomic E-state index is 12.5. The summed E-state index contributed by atoms with van der Waals surface area (Å²) in [6, 6.07) is 7.01. The second-order valence-corrected chi connectivity index (χ2v) is 6.58. The lowest BCUT2D eigenvalue weighted by Gasteiger charge is -2.27. The van der Waals surface area contributed by atoms with Gasteiger partial charge >= 0.3 is 0 Å². The van der Waals surface area contributed by atoms with Crippen LogP contribution in [0.4, 0.5) is 0 Å². The number of aromatic nitrogens is 2. The van der Waals surface area contributed by atoms with Gasteiger partial charge in [-0.25, -0.2) is 4.98 Å². The number of hydrogen-bond acceptors (Lipinski definition) is 5. The summed E-state index contributed by atoms with van der Waals surface area (Å²) in [6.07, 6.45) is 2.59. The van der Waals surface area contributed by atoms with Crippen LogP contribution in [0, 0.1) is 6.92 Å². The number of H-pyrrole nitrogens is 1. The summed E-state index contributed by atoms with van der Waals surface area (Å²) in [5.74, 6) is 1.50. The van der Waals surface area contributed by atoms with Gasteiger partial charge in [0.25, 0.3) is 11.5 Å². The Morgan fingerprint density at radius 3 is 3.08 bits per heavy atom. The zero-order chi connectivity index (χ0) is 17.1. The lowest BCUT2D eigenvalue weighted by Crippen LogP contribution is -2.33. The summed E-state index contributed by atoms with van der Waals surface area (Å²) in [6.45, 7) is 2.54. The lowest BCUT2D eigenvalue weighted by molar-refractivity contribution is 0.0919. The van der Waals surface area contributed by atoms with Crippen LogP contribution in [0.1, 0.15) is 39.9 Å². The highest BCUT2D eigenvalue weighted by molar-refractivity contribution is 7.97. The largest absolute Gasteiger partial charge is 0.493 e. The molecule has 3 rings (SSSR count). The van der Waals surface area contributed by atoms with Gasteiger partial charge in [0.05, 0.1) is 18.4 Å². The molecule has 1 unspecified atom stereocenters. The van der Waals surface area contributed by atoms with Crippen molar-refractivity contribution in [2.75, 3.05) is 12.9 Å². The van der Waals surface area contributed by atoms with Crippen LogP contribution in [-0.4, -0.2) is 28.7 Å². The van der Waals surface area contributed by atoms with Gasteiger partial charge in [-0.1, -0.05) is 17.7 Å². The molecule has 0 spiro atoms. The van der Waals surface area contributed by atoms with Gasteiger partial charge in [-0.05, 0) is 19.2 Å². The van der Waals surface area contributed by atoms with Crippen molar-refractivity contribution in [3.8, 4) is 5.75 Å². The number of thioether (sulfide) groups is 1. The Kier molecular flexibility index (Phi) is 4.89. The number of carbonyl (C=O) groups excluding carboxylic acids is 1. The molecule has 0 saturated carbocycles. The van der Waals surface area contributed by atoms with Crippen molar-refractivity contribution in [3.05, 3.63) is 57.3 Å². The van der Waals surface area contributed by atoms with E-state index in [2.05, 4.69) is 15.3 Å². The van der Waals surface area contributed by atoms with Crippen molar-refractivity contribution < 1.29 is 9.53 Å². The second-order valence-electron chi connectivity index (χ2n) is 5.71. The van der Waals surface area contributed by atoms with Crippen LogP contribution in [0.2, 0.25) is 0 Å². The number of rotatable bonds is 4. The minimum Gasteiger partial charge on any atom is -0.493 e. The van der Waals surface area contributed by atoms with Crippen molar-refractivity contribution in [1.29, 1.82) is 0 Å². The molecule has 2 aromatic rings. The third kappa shape index (κ3) is 3.62. The topological polar surface area (TPSA) is 84.1 Å². The quantitative estimate of drug-likeness (QED) is 0.887. The molecule has 2 N–H and O–H groups in total. The average molecular weight is 345 g/mol. The first-order valence-electron chi connectivity index (χ1n) is 7.70. The van der Waals surface area contributed by atoms with Crippen LogP contribution >= 0.6 is 11.8 Å². The van der Waals surface area contributed by atoms with Gasteiger partial charge in [0.1, 0.15) is 17.3 Å². The maximum Gasteiger partial charge on any atom is 0.270 e. The Labute approximate surface area is 144 Å². The molecule has 6 nitrogen and oxygen atoms in total. The summed E-state index contributed by atoms with van der Waals surface area (Å²) in [5, 5.41) is 2.97. The fourth-order valence-corrected chi connectivity index (χ4v) is 3.14. The van der Waals surface area contributed by atoms with Gasteiger partial charge in [0.15, 0.2) is 0 Å². The molecule has 1 aromatic carbocycles. The number of carbonyl (C=O) groups is 1. The van der Waals surface area contributed by atoms with Crippen molar-refractivity contribution in [1.82, 2.24) is 15.3 Å². The molecule has 1 aliphatic rings. The molecule has 1 aromatic heterocycles. The number of benzene rings is 1. The molecule has 7 heteroatoms. The van der Waals surface area contributed by atoms with Gasteiger partial charge < -0.3 is 15.0 Å². The van der Waals surface area contributed by atoms with Gasteiger partial charge in [-0.15, -0.1) is 0 Å². The summed E-state index contributed by atoms with van der Waals surface area (Å²) in [4.78, 5) is 31.1. The number of nitrogens with one attached hydrogen (secondary N) is 2. The number of aromatic amines is 1. The van der Waals surface area contributed by atoms with E-state index in [-0.39, 0.29) is 23.2 Å². The first-order valence-corrected chi connectivity index (χ1v) is 9.09. The van der Waals surface area contributed by atoms with E-state index in [0.717, 1.165) is 16.9 Å².